The molecule has 0 amide bonds. The zero-order chi connectivity index (χ0) is 14.9. The molecule has 3 rings (SSSR count). The van der Waals surface area contributed by atoms with E-state index in [0.29, 0.717) is 0 Å². The molecule has 21 heavy (non-hydrogen) atoms. The second kappa shape index (κ2) is 8.86. The van der Waals surface area contributed by atoms with E-state index < -0.39 is 0 Å². The fraction of sp³-hybridized carbons (Fsp3) is 0.632. The molecular weight excluding hydrogens is 260 g/mol. The molecule has 0 atom stereocenters. The molecule has 116 valence electrons. The fourth-order valence-electron chi connectivity index (χ4n) is 2.82. The number of hydrogen-bond donors (Lipinski definition) is 0. The van der Waals surface area contributed by atoms with Gasteiger partial charge >= 0.3 is 0 Å². The lowest BCUT2D eigenvalue weighted by atomic mass is 9.91. The summed E-state index contributed by atoms with van der Waals surface area (Å²) in [7, 11) is 0. The summed E-state index contributed by atoms with van der Waals surface area (Å²) in [5.41, 5.74) is 1.58. The molecule has 2 nitrogen and oxygen atoms in total. The first kappa shape index (κ1) is 16.1. The highest BCUT2D eigenvalue weighted by molar-refractivity contribution is 6.18. The van der Waals surface area contributed by atoms with E-state index in [-0.39, 0.29) is 5.78 Å². The summed E-state index contributed by atoms with van der Waals surface area (Å²) in [6.07, 6.45) is 13.3. The molecule has 0 spiro atoms. The lowest BCUT2D eigenvalue weighted by Gasteiger charge is -2.18. The lowest BCUT2D eigenvalue weighted by Crippen LogP contribution is -2.15. The van der Waals surface area contributed by atoms with Crippen molar-refractivity contribution in [3.05, 3.63) is 29.3 Å². The average molecular weight is 288 g/mol. The Labute approximate surface area is 128 Å². The van der Waals surface area contributed by atoms with Crippen LogP contribution in [0.15, 0.2) is 18.2 Å². The van der Waals surface area contributed by atoms with Gasteiger partial charge in [-0.3, -0.25) is 4.79 Å². The molecular formula is C19H28O2. The summed E-state index contributed by atoms with van der Waals surface area (Å²) < 4.78 is 5.70. The molecule has 0 N–H and O–H groups in total. The number of rotatable bonds is 12. The van der Waals surface area contributed by atoms with Crippen LogP contribution < -0.4 is 4.74 Å². The molecule has 2 heteroatoms. The second-order valence-corrected chi connectivity index (χ2v) is 6.07. The van der Waals surface area contributed by atoms with Crippen molar-refractivity contribution in [1.29, 1.82) is 0 Å². The van der Waals surface area contributed by atoms with E-state index in [9.17, 15) is 4.79 Å². The molecule has 0 aliphatic heterocycles. The Hall–Kier alpha value is -1.31. The van der Waals surface area contributed by atoms with Gasteiger partial charge in [0.1, 0.15) is 5.75 Å². The highest BCUT2D eigenvalue weighted by Gasteiger charge is 2.24. The molecule has 1 aromatic rings. The predicted molar refractivity (Wildman–Crippen MR) is 87.2 cm³/mol. The minimum Gasteiger partial charge on any atom is -0.493 e. The van der Waals surface area contributed by atoms with E-state index in [1.54, 1.807) is 0 Å². The Balaban J connectivity index is 1.42. The maximum absolute atomic E-state index is 11.5. The van der Waals surface area contributed by atoms with Crippen molar-refractivity contribution in [3.8, 4) is 5.75 Å². The largest absolute Gasteiger partial charge is 0.493 e. The molecule has 0 aromatic heterocycles. The Morgan fingerprint density at radius 2 is 1.48 bits per heavy atom. The van der Waals surface area contributed by atoms with Crippen molar-refractivity contribution >= 4 is 5.78 Å². The third-order valence-electron chi connectivity index (χ3n) is 4.24. The van der Waals surface area contributed by atoms with E-state index in [4.69, 9.17) is 4.74 Å². The Morgan fingerprint density at radius 3 is 2.05 bits per heavy atom. The topological polar surface area (TPSA) is 26.3 Å². The third-order valence-corrected chi connectivity index (χ3v) is 4.24. The van der Waals surface area contributed by atoms with Crippen LogP contribution in [0, 0.1) is 0 Å². The van der Waals surface area contributed by atoms with E-state index in [0.717, 1.165) is 29.9 Å². The quantitative estimate of drug-likeness (QED) is 0.480. The Bertz CT molecular complexity index is 447. The van der Waals surface area contributed by atoms with Crippen molar-refractivity contribution in [3.63, 3.8) is 0 Å². The minimum atomic E-state index is 0.149. The van der Waals surface area contributed by atoms with Crippen molar-refractivity contribution in [1.82, 2.24) is 0 Å². The standard InChI is InChI=1S/C19H28O2/c1-2-3-4-5-6-7-8-9-10-11-14-21-18-13-12-16-15-17(18)19(16)20/h12-13,15H,2-11,14H2,1H3. The fourth-order valence-corrected chi connectivity index (χ4v) is 2.82. The summed E-state index contributed by atoms with van der Waals surface area (Å²) in [5.74, 6) is 0.918. The highest BCUT2D eigenvalue weighted by atomic mass is 16.5. The van der Waals surface area contributed by atoms with Gasteiger partial charge in [-0.05, 0) is 24.6 Å². The van der Waals surface area contributed by atoms with Crippen molar-refractivity contribution in [2.24, 2.45) is 0 Å². The number of benzene rings is 1. The van der Waals surface area contributed by atoms with Crippen LogP contribution in [-0.4, -0.2) is 12.4 Å². The summed E-state index contributed by atoms with van der Waals surface area (Å²) in [6, 6.07) is 5.68. The van der Waals surface area contributed by atoms with Gasteiger partial charge in [0.2, 0.25) is 0 Å². The first-order valence-electron chi connectivity index (χ1n) is 8.64. The van der Waals surface area contributed by atoms with E-state index >= 15 is 0 Å². The summed E-state index contributed by atoms with van der Waals surface area (Å²) in [6.45, 7) is 2.99. The molecule has 2 bridgehead atoms. The zero-order valence-corrected chi connectivity index (χ0v) is 13.3. The molecule has 0 fully saturated rings. The zero-order valence-electron chi connectivity index (χ0n) is 13.3. The number of carbonyl (C=O) groups is 1. The van der Waals surface area contributed by atoms with Crippen LogP contribution >= 0.6 is 0 Å². The lowest BCUT2D eigenvalue weighted by molar-refractivity contribution is 0.102. The third kappa shape index (κ3) is 4.87. The molecule has 0 saturated heterocycles. The number of fused-ring (bicyclic) bond motifs is 2. The number of hydrogen-bond acceptors (Lipinski definition) is 2. The molecule has 0 heterocycles. The molecule has 1 aromatic carbocycles. The van der Waals surface area contributed by atoms with Crippen LogP contribution in [0.4, 0.5) is 0 Å². The smallest absolute Gasteiger partial charge is 0.196 e. The SMILES string of the molecule is CCCCCCCCCCCCOc1ccc2cc1C2=O. The van der Waals surface area contributed by atoms with Gasteiger partial charge < -0.3 is 4.74 Å². The number of ketones is 1. The van der Waals surface area contributed by atoms with Gasteiger partial charge in [0.25, 0.3) is 0 Å². The van der Waals surface area contributed by atoms with Crippen LogP contribution in [0.2, 0.25) is 0 Å². The average Bonchev–Trinajstić information content (AvgIpc) is 2.52. The molecule has 2 aliphatic rings. The molecule has 0 saturated carbocycles. The first-order chi connectivity index (χ1) is 10.3. The number of unbranched alkanes of at least 4 members (excludes halogenated alkanes) is 9. The normalized spacial score (nSPS) is 12.3. The van der Waals surface area contributed by atoms with Crippen LogP contribution in [-0.2, 0) is 0 Å². The van der Waals surface area contributed by atoms with Crippen molar-refractivity contribution < 1.29 is 9.53 Å². The van der Waals surface area contributed by atoms with E-state index in [1.165, 1.54) is 57.8 Å². The summed E-state index contributed by atoms with van der Waals surface area (Å²) in [4.78, 5) is 11.5. The Morgan fingerprint density at radius 1 is 0.857 bits per heavy atom. The van der Waals surface area contributed by atoms with Crippen LogP contribution in [0.25, 0.3) is 0 Å². The highest BCUT2D eigenvalue weighted by Crippen LogP contribution is 2.31. The van der Waals surface area contributed by atoms with Crippen molar-refractivity contribution in [2.45, 2.75) is 71.1 Å². The number of carbonyl (C=O) groups excluding carboxylic acids is 1. The van der Waals surface area contributed by atoms with E-state index in [2.05, 4.69) is 6.92 Å². The number of ether oxygens (including phenoxy) is 1. The molecule has 0 unspecified atom stereocenters. The summed E-state index contributed by atoms with van der Waals surface area (Å²) >= 11 is 0. The van der Waals surface area contributed by atoms with Crippen molar-refractivity contribution in [2.75, 3.05) is 6.61 Å². The van der Waals surface area contributed by atoms with Gasteiger partial charge in [0.15, 0.2) is 5.78 Å². The minimum absolute atomic E-state index is 0.149. The Kier molecular flexibility index (Phi) is 6.78. The van der Waals surface area contributed by atoms with Gasteiger partial charge in [-0.1, -0.05) is 64.7 Å². The van der Waals surface area contributed by atoms with Gasteiger partial charge in [0.05, 0.1) is 12.2 Å². The maximum Gasteiger partial charge on any atom is 0.196 e. The second-order valence-electron chi connectivity index (χ2n) is 6.07. The van der Waals surface area contributed by atoms with Crippen LogP contribution in [0.1, 0.15) is 87.1 Å². The van der Waals surface area contributed by atoms with Crippen LogP contribution in [0.5, 0.6) is 5.75 Å². The predicted octanol–water partition coefficient (Wildman–Crippen LogP) is 5.53. The van der Waals surface area contributed by atoms with E-state index in [1.807, 2.05) is 18.2 Å². The monoisotopic (exact) mass is 288 g/mol. The van der Waals surface area contributed by atoms with Gasteiger partial charge in [-0.2, -0.15) is 0 Å². The molecule has 0 radical (unpaired) electrons. The maximum atomic E-state index is 11.5. The van der Waals surface area contributed by atoms with Gasteiger partial charge in [0, 0.05) is 5.56 Å². The summed E-state index contributed by atoms with van der Waals surface area (Å²) in [5, 5.41) is 0. The first-order valence-corrected chi connectivity index (χ1v) is 8.64. The van der Waals surface area contributed by atoms with Gasteiger partial charge in [-0.25, -0.2) is 0 Å². The van der Waals surface area contributed by atoms with Crippen LogP contribution in [0.3, 0.4) is 0 Å². The van der Waals surface area contributed by atoms with Gasteiger partial charge in [-0.15, -0.1) is 0 Å². The molecule has 2 aliphatic carbocycles.